The highest BCUT2D eigenvalue weighted by molar-refractivity contribution is 7.89. The lowest BCUT2D eigenvalue weighted by atomic mass is 10.1. The zero-order valence-corrected chi connectivity index (χ0v) is 14.1. The number of aromatic nitrogens is 1. The van der Waals surface area contributed by atoms with Crippen molar-refractivity contribution in [3.63, 3.8) is 0 Å². The largest absolute Gasteiger partial charge is 0.340 e. The molecule has 0 aliphatic carbocycles. The first-order chi connectivity index (χ1) is 9.57. The van der Waals surface area contributed by atoms with Gasteiger partial charge in [0.25, 0.3) is 5.91 Å². The van der Waals surface area contributed by atoms with Crippen LogP contribution >= 0.6 is 0 Å². The number of primary sulfonamides is 1. The van der Waals surface area contributed by atoms with Crippen LogP contribution in [0.1, 0.15) is 50.6 Å². The second-order valence-corrected chi connectivity index (χ2v) is 7.37. The molecule has 1 heterocycles. The molecule has 1 aromatic rings. The van der Waals surface area contributed by atoms with Crippen molar-refractivity contribution in [3.05, 3.63) is 18.0 Å². The van der Waals surface area contributed by atoms with Crippen LogP contribution in [0, 0.1) is 5.92 Å². The van der Waals surface area contributed by atoms with Gasteiger partial charge in [0.05, 0.1) is 0 Å². The quantitative estimate of drug-likeness (QED) is 0.869. The van der Waals surface area contributed by atoms with Crippen molar-refractivity contribution in [2.45, 2.75) is 45.1 Å². The normalized spacial score (nSPS) is 13.5. The Morgan fingerprint density at radius 2 is 1.95 bits per heavy atom. The fraction of sp³-hybridized carbons (Fsp3) is 0.643. The number of hydrogen-bond donors (Lipinski definition) is 1. The van der Waals surface area contributed by atoms with E-state index in [0.29, 0.717) is 18.2 Å². The lowest BCUT2D eigenvalue weighted by Crippen LogP contribution is -2.32. The number of rotatable bonds is 6. The van der Waals surface area contributed by atoms with Gasteiger partial charge in [-0.2, -0.15) is 0 Å². The fourth-order valence-electron chi connectivity index (χ4n) is 2.08. The monoisotopic (exact) mass is 315 g/mol. The Morgan fingerprint density at radius 1 is 1.38 bits per heavy atom. The molecular weight excluding hydrogens is 290 g/mol. The van der Waals surface area contributed by atoms with Gasteiger partial charge >= 0.3 is 0 Å². The van der Waals surface area contributed by atoms with E-state index in [1.807, 2.05) is 13.8 Å². The van der Waals surface area contributed by atoms with Crippen LogP contribution in [0.25, 0.3) is 0 Å². The maximum Gasteiger partial charge on any atom is 0.270 e. The summed E-state index contributed by atoms with van der Waals surface area (Å²) < 4.78 is 24.6. The molecule has 1 unspecified atom stereocenters. The zero-order valence-electron chi connectivity index (χ0n) is 13.3. The second-order valence-electron chi connectivity index (χ2n) is 5.81. The van der Waals surface area contributed by atoms with Gasteiger partial charge in [0, 0.05) is 25.8 Å². The third kappa shape index (κ3) is 4.31. The lowest BCUT2D eigenvalue weighted by molar-refractivity contribution is 0.0762. The molecule has 0 bridgehead atoms. The first-order valence-electron chi connectivity index (χ1n) is 7.08. The van der Waals surface area contributed by atoms with E-state index in [-0.39, 0.29) is 16.8 Å². The van der Waals surface area contributed by atoms with Crippen molar-refractivity contribution in [2.75, 3.05) is 13.6 Å². The molecule has 7 heteroatoms. The standard InChI is InChI=1S/C14H25N3O3S/c1-6-11(4)8-16(5)14(18)13-7-12(21(15,19)20)9-17(13)10(2)3/h7,9-11H,6,8H2,1-5H3,(H2,15,19,20). The molecular formula is C14H25N3O3S. The first kappa shape index (κ1) is 17.7. The molecule has 6 nitrogen and oxygen atoms in total. The Labute approximate surface area is 127 Å². The van der Waals surface area contributed by atoms with Crippen LogP contribution < -0.4 is 5.14 Å². The molecule has 0 fully saturated rings. The number of nitrogens with two attached hydrogens (primary N) is 1. The summed E-state index contributed by atoms with van der Waals surface area (Å²) in [6.45, 7) is 8.54. The van der Waals surface area contributed by atoms with Crippen LogP contribution in [0.2, 0.25) is 0 Å². The van der Waals surface area contributed by atoms with Crippen LogP contribution in [0.15, 0.2) is 17.2 Å². The molecule has 2 N–H and O–H groups in total. The number of sulfonamides is 1. The van der Waals surface area contributed by atoms with Crippen molar-refractivity contribution in [2.24, 2.45) is 11.1 Å². The highest BCUT2D eigenvalue weighted by Gasteiger charge is 2.23. The van der Waals surface area contributed by atoms with E-state index >= 15 is 0 Å². The Morgan fingerprint density at radius 3 is 2.38 bits per heavy atom. The molecule has 21 heavy (non-hydrogen) atoms. The highest BCUT2D eigenvalue weighted by Crippen LogP contribution is 2.19. The number of amides is 1. The first-order valence-corrected chi connectivity index (χ1v) is 8.62. The van der Waals surface area contributed by atoms with Gasteiger partial charge in [-0.15, -0.1) is 0 Å². The minimum absolute atomic E-state index is 0.0310. The third-order valence-electron chi connectivity index (χ3n) is 3.56. The van der Waals surface area contributed by atoms with Crippen molar-refractivity contribution in [1.82, 2.24) is 9.47 Å². The molecule has 1 amide bonds. The van der Waals surface area contributed by atoms with Gasteiger partial charge in [-0.1, -0.05) is 20.3 Å². The Hall–Kier alpha value is -1.34. The number of nitrogens with zero attached hydrogens (tertiary/aromatic N) is 2. The molecule has 0 aliphatic rings. The van der Waals surface area contributed by atoms with Gasteiger partial charge in [0.2, 0.25) is 10.0 Å². The van der Waals surface area contributed by atoms with E-state index < -0.39 is 10.0 Å². The Kier molecular flexibility index (Phi) is 5.58. The summed E-state index contributed by atoms with van der Waals surface area (Å²) in [5.41, 5.74) is 0.347. The van der Waals surface area contributed by atoms with E-state index in [2.05, 4.69) is 13.8 Å². The molecule has 0 aromatic carbocycles. The van der Waals surface area contributed by atoms with Crippen molar-refractivity contribution >= 4 is 15.9 Å². The van der Waals surface area contributed by atoms with Crippen LogP contribution in [-0.2, 0) is 10.0 Å². The molecule has 1 aromatic heterocycles. The van der Waals surface area contributed by atoms with Crippen LogP contribution in [0.4, 0.5) is 0 Å². The van der Waals surface area contributed by atoms with E-state index in [1.165, 1.54) is 12.3 Å². The van der Waals surface area contributed by atoms with E-state index in [4.69, 9.17) is 5.14 Å². The Bertz CT molecular complexity index is 605. The Balaban J connectivity index is 3.16. The molecule has 1 atom stereocenters. The van der Waals surface area contributed by atoms with Gasteiger partial charge in [-0.05, 0) is 25.8 Å². The van der Waals surface area contributed by atoms with E-state index in [9.17, 15) is 13.2 Å². The summed E-state index contributed by atoms with van der Waals surface area (Å²) in [6.07, 6.45) is 2.40. The maximum absolute atomic E-state index is 12.5. The minimum atomic E-state index is -3.82. The summed E-state index contributed by atoms with van der Waals surface area (Å²) in [6, 6.07) is 1.32. The summed E-state index contributed by atoms with van der Waals surface area (Å²) in [4.78, 5) is 14.1. The average Bonchev–Trinajstić information content (AvgIpc) is 2.82. The molecule has 1 rings (SSSR count). The van der Waals surface area contributed by atoms with Crippen LogP contribution in [0.3, 0.4) is 0 Å². The topological polar surface area (TPSA) is 85.4 Å². The number of carbonyl (C=O) groups is 1. The fourth-order valence-corrected chi connectivity index (χ4v) is 2.62. The average molecular weight is 315 g/mol. The predicted octanol–water partition coefficient (Wildman–Crippen LogP) is 1.83. The zero-order chi connectivity index (χ0) is 16.4. The summed E-state index contributed by atoms with van der Waals surface area (Å²) >= 11 is 0. The minimum Gasteiger partial charge on any atom is -0.340 e. The van der Waals surface area contributed by atoms with Gasteiger partial charge in [-0.3, -0.25) is 4.79 Å². The summed E-state index contributed by atoms with van der Waals surface area (Å²) in [5.74, 6) is 0.193. The highest BCUT2D eigenvalue weighted by atomic mass is 32.2. The number of carbonyl (C=O) groups excluding carboxylic acids is 1. The van der Waals surface area contributed by atoms with E-state index in [1.54, 1.807) is 16.5 Å². The molecule has 0 saturated carbocycles. The summed E-state index contributed by atoms with van der Waals surface area (Å²) in [5, 5.41) is 5.15. The molecule has 0 saturated heterocycles. The second kappa shape index (κ2) is 6.62. The van der Waals surface area contributed by atoms with Gasteiger partial charge in [-0.25, -0.2) is 13.6 Å². The predicted molar refractivity (Wildman–Crippen MR) is 82.6 cm³/mol. The van der Waals surface area contributed by atoms with Crippen molar-refractivity contribution in [1.29, 1.82) is 0 Å². The number of hydrogen-bond acceptors (Lipinski definition) is 3. The van der Waals surface area contributed by atoms with Crippen molar-refractivity contribution < 1.29 is 13.2 Å². The summed E-state index contributed by atoms with van der Waals surface area (Å²) in [7, 11) is -2.09. The van der Waals surface area contributed by atoms with Crippen molar-refractivity contribution in [3.8, 4) is 0 Å². The lowest BCUT2D eigenvalue weighted by Gasteiger charge is -2.22. The smallest absolute Gasteiger partial charge is 0.270 e. The molecule has 0 aliphatic heterocycles. The third-order valence-corrected chi connectivity index (χ3v) is 4.44. The van der Waals surface area contributed by atoms with E-state index in [0.717, 1.165) is 6.42 Å². The molecule has 0 radical (unpaired) electrons. The van der Waals surface area contributed by atoms with Crippen LogP contribution in [0.5, 0.6) is 0 Å². The molecule has 0 spiro atoms. The van der Waals surface area contributed by atoms with Crippen LogP contribution in [-0.4, -0.2) is 37.4 Å². The maximum atomic E-state index is 12.5. The molecule has 120 valence electrons. The SMILES string of the molecule is CCC(C)CN(C)C(=O)c1cc(S(N)(=O)=O)cn1C(C)C. The van der Waals surface area contributed by atoms with Gasteiger partial charge in [0.15, 0.2) is 0 Å². The van der Waals surface area contributed by atoms with Gasteiger partial charge in [0.1, 0.15) is 10.6 Å². The van der Waals surface area contributed by atoms with Gasteiger partial charge < -0.3 is 9.47 Å².